The highest BCUT2D eigenvalue weighted by Crippen LogP contribution is 2.55. The maximum Gasteiger partial charge on any atom is 0.187 e. The van der Waals surface area contributed by atoms with Crippen molar-refractivity contribution in [2.75, 3.05) is 0 Å². The van der Waals surface area contributed by atoms with Gasteiger partial charge in [0.1, 0.15) is 0 Å². The lowest BCUT2D eigenvalue weighted by Crippen LogP contribution is -2.26. The number of rotatable bonds is 4. The molecule has 0 radical (unpaired) electrons. The molecule has 0 amide bonds. The number of hydrogen-bond donors (Lipinski definition) is 0. The Hall–Kier alpha value is -4.71. The van der Waals surface area contributed by atoms with Gasteiger partial charge in [-0.05, 0) is 56.7 Å². The van der Waals surface area contributed by atoms with Gasteiger partial charge in [-0.15, -0.1) is 0 Å². The fourth-order valence-corrected chi connectivity index (χ4v) is 10.7. The van der Waals surface area contributed by atoms with Crippen molar-refractivity contribution in [3.63, 3.8) is 0 Å². The van der Waals surface area contributed by atoms with Gasteiger partial charge >= 0.3 is 0 Å². The predicted molar refractivity (Wildman–Crippen MR) is 177 cm³/mol. The van der Waals surface area contributed by atoms with Crippen molar-refractivity contribution < 1.29 is 4.79 Å². The quantitative estimate of drug-likeness (QED) is 0.164. The summed E-state index contributed by atoms with van der Waals surface area (Å²) in [5.41, 5.74) is 7.46. The van der Waals surface area contributed by atoms with E-state index in [0.717, 1.165) is 39.6 Å². The van der Waals surface area contributed by atoms with Gasteiger partial charge in [0, 0.05) is 17.3 Å². The van der Waals surface area contributed by atoms with Crippen molar-refractivity contribution >= 4 is 51.9 Å². The predicted octanol–water partition coefficient (Wildman–Crippen LogP) is 8.26. The van der Waals surface area contributed by atoms with E-state index in [0.29, 0.717) is 0 Å². The first-order valence-electron chi connectivity index (χ1n) is 14.0. The summed E-state index contributed by atoms with van der Waals surface area (Å²) in [6.07, 6.45) is 9.11. The number of ketones is 1. The van der Waals surface area contributed by atoms with E-state index in [2.05, 4.69) is 140 Å². The number of allylic oxidation sites excluding steroid dienone is 4. The van der Waals surface area contributed by atoms with Crippen molar-refractivity contribution in [2.45, 2.75) is 6.16 Å². The van der Waals surface area contributed by atoms with Crippen LogP contribution in [0, 0.1) is 0 Å². The van der Waals surface area contributed by atoms with Crippen LogP contribution < -0.4 is 10.6 Å². The molecule has 2 aliphatic carbocycles. The van der Waals surface area contributed by atoms with Crippen LogP contribution in [0.25, 0.3) is 23.3 Å². The molecule has 0 spiro atoms. The lowest BCUT2D eigenvalue weighted by atomic mass is 9.81. The lowest BCUT2D eigenvalue weighted by Gasteiger charge is -2.35. The third kappa shape index (κ3) is 4.40. The van der Waals surface area contributed by atoms with Crippen LogP contribution in [0.3, 0.4) is 0 Å². The first-order valence-corrected chi connectivity index (χ1v) is 16.0. The minimum atomic E-state index is -2.32. The van der Waals surface area contributed by atoms with Gasteiger partial charge < -0.3 is 0 Å². The van der Waals surface area contributed by atoms with E-state index < -0.39 is 6.89 Å². The standard InChI is InChI=1S/C39H29OP/c40-36-26-24-30-16-10-12-22-34(30)38(36)39-35-23-13-11-17-31(35)25-27-37(39)41(32-18-6-2-7-19-32,33-20-8-3-9-21-33)28-29-14-4-1-5-15-29/h1-27H,28H2. The first kappa shape index (κ1) is 25.3. The average Bonchev–Trinajstić information content (AvgIpc) is 3.05. The molecule has 41 heavy (non-hydrogen) atoms. The van der Waals surface area contributed by atoms with E-state index >= 15 is 0 Å². The van der Waals surface area contributed by atoms with E-state index in [-0.39, 0.29) is 5.78 Å². The molecule has 0 N–H and O–H groups in total. The summed E-state index contributed by atoms with van der Waals surface area (Å²) in [6.45, 7) is -2.32. The highest BCUT2D eigenvalue weighted by atomic mass is 31.2. The molecule has 0 atom stereocenters. The van der Waals surface area contributed by atoms with Crippen molar-refractivity contribution in [2.24, 2.45) is 0 Å². The molecule has 2 aliphatic rings. The zero-order chi connectivity index (χ0) is 27.6. The zero-order valence-corrected chi connectivity index (χ0v) is 23.5. The Labute approximate surface area is 241 Å². The molecule has 0 saturated heterocycles. The molecule has 0 heterocycles. The summed E-state index contributed by atoms with van der Waals surface area (Å²) in [7, 11) is 0. The second-order valence-corrected chi connectivity index (χ2v) is 13.9. The highest BCUT2D eigenvalue weighted by molar-refractivity contribution is 7.89. The molecule has 7 rings (SSSR count). The van der Waals surface area contributed by atoms with Gasteiger partial charge in [0.2, 0.25) is 0 Å². The molecule has 0 unspecified atom stereocenters. The maximum atomic E-state index is 14.0. The van der Waals surface area contributed by atoms with Crippen molar-refractivity contribution in [1.82, 2.24) is 0 Å². The fraction of sp³-hybridized carbons (Fsp3) is 0.0256. The molecule has 1 nitrogen and oxygen atoms in total. The molecule has 0 bridgehead atoms. The summed E-state index contributed by atoms with van der Waals surface area (Å²) >= 11 is 0. The van der Waals surface area contributed by atoms with Gasteiger partial charge in [-0.25, -0.2) is 0 Å². The fourth-order valence-electron chi connectivity index (χ4n) is 6.27. The molecule has 2 heteroatoms. The number of carbonyl (C=O) groups excluding carboxylic acids is 1. The van der Waals surface area contributed by atoms with E-state index in [1.807, 2.05) is 18.2 Å². The topological polar surface area (TPSA) is 17.1 Å². The Morgan fingerprint density at radius 1 is 0.439 bits per heavy atom. The Morgan fingerprint density at radius 2 is 0.902 bits per heavy atom. The number of carbonyl (C=O) groups is 1. The molecule has 5 aromatic rings. The maximum absolute atomic E-state index is 14.0. The Morgan fingerprint density at radius 3 is 1.49 bits per heavy atom. The van der Waals surface area contributed by atoms with E-state index in [9.17, 15) is 4.79 Å². The molecular weight excluding hydrogens is 515 g/mol. The summed E-state index contributed by atoms with van der Waals surface area (Å²) in [4.78, 5) is 14.0. The van der Waals surface area contributed by atoms with Gasteiger partial charge in [-0.2, -0.15) is 0 Å². The number of fused-ring (bicyclic) bond motifs is 2. The first-order chi connectivity index (χ1) is 20.3. The third-order valence-corrected chi connectivity index (χ3v) is 12.5. The molecule has 5 aromatic carbocycles. The van der Waals surface area contributed by atoms with E-state index in [1.165, 1.54) is 21.5 Å². The SMILES string of the molecule is O=C1C=Cc2ccccc2C1=C1C(=P(Cc2ccccc2)(c2ccccc2)c2ccccc2)C=Cc2ccccc21. The molecule has 0 fully saturated rings. The molecular formula is C39H29OP. The molecule has 0 saturated carbocycles. The molecule has 0 aromatic heterocycles. The summed E-state index contributed by atoms with van der Waals surface area (Å²) in [6, 6.07) is 49.5. The Bertz CT molecular complexity index is 1870. The Kier molecular flexibility index (Phi) is 6.59. The van der Waals surface area contributed by atoms with Crippen LogP contribution >= 0.6 is 6.89 Å². The van der Waals surface area contributed by atoms with Crippen LogP contribution in [0.15, 0.2) is 152 Å². The summed E-state index contributed by atoms with van der Waals surface area (Å²) < 4.78 is 0. The average molecular weight is 545 g/mol. The lowest BCUT2D eigenvalue weighted by molar-refractivity contribution is -0.109. The minimum absolute atomic E-state index is 0.0558. The van der Waals surface area contributed by atoms with Gasteiger partial charge in [0.05, 0.1) is 0 Å². The third-order valence-electron chi connectivity index (χ3n) is 8.12. The van der Waals surface area contributed by atoms with Crippen LogP contribution in [0.5, 0.6) is 0 Å². The smallest absolute Gasteiger partial charge is 0.187 e. The zero-order valence-electron chi connectivity index (χ0n) is 22.7. The van der Waals surface area contributed by atoms with Gasteiger partial charge in [0.25, 0.3) is 0 Å². The second kappa shape index (κ2) is 10.7. The number of benzene rings is 5. The summed E-state index contributed by atoms with van der Waals surface area (Å²) in [5, 5.41) is 3.85. The van der Waals surface area contributed by atoms with E-state index in [4.69, 9.17) is 0 Å². The van der Waals surface area contributed by atoms with E-state index in [1.54, 1.807) is 6.08 Å². The summed E-state index contributed by atoms with van der Waals surface area (Å²) in [5.74, 6) is 0.0558. The van der Waals surface area contributed by atoms with Crippen LogP contribution in [-0.2, 0) is 11.0 Å². The van der Waals surface area contributed by atoms with Gasteiger partial charge in [-0.3, -0.25) is 4.79 Å². The van der Waals surface area contributed by atoms with Crippen molar-refractivity contribution in [3.05, 3.63) is 179 Å². The Balaban J connectivity index is 1.71. The number of hydrogen-bond acceptors (Lipinski definition) is 1. The van der Waals surface area contributed by atoms with Crippen LogP contribution in [-0.4, -0.2) is 11.1 Å². The van der Waals surface area contributed by atoms with Crippen molar-refractivity contribution in [1.29, 1.82) is 0 Å². The monoisotopic (exact) mass is 544 g/mol. The van der Waals surface area contributed by atoms with Crippen LogP contribution in [0.2, 0.25) is 0 Å². The van der Waals surface area contributed by atoms with Crippen molar-refractivity contribution in [3.8, 4) is 0 Å². The van der Waals surface area contributed by atoms with Gasteiger partial charge in [0.15, 0.2) is 5.78 Å². The van der Waals surface area contributed by atoms with Crippen LogP contribution in [0.4, 0.5) is 0 Å². The second-order valence-electron chi connectivity index (χ2n) is 10.5. The minimum Gasteiger partial charge on any atom is -0.289 e. The van der Waals surface area contributed by atoms with Gasteiger partial charge in [-0.1, -0.05) is 158 Å². The normalized spacial score (nSPS) is 15.9. The van der Waals surface area contributed by atoms with Crippen LogP contribution in [0.1, 0.15) is 27.8 Å². The molecule has 0 aliphatic heterocycles. The highest BCUT2D eigenvalue weighted by Gasteiger charge is 2.34. The largest absolute Gasteiger partial charge is 0.289 e. The molecule has 196 valence electrons.